The number of rotatable bonds is 6. The van der Waals surface area contributed by atoms with Crippen LogP contribution >= 0.6 is 0 Å². The maximum Gasteiger partial charge on any atom is 0.347 e. The lowest BCUT2D eigenvalue weighted by Crippen LogP contribution is -2.56. The molecule has 0 saturated carbocycles. The monoisotopic (exact) mass is 322 g/mol. The number of aromatic nitrogens is 2. The number of amides is 1. The minimum absolute atomic E-state index is 0.0166. The van der Waals surface area contributed by atoms with Crippen molar-refractivity contribution in [2.45, 2.75) is 32.9 Å². The van der Waals surface area contributed by atoms with Gasteiger partial charge in [0.15, 0.2) is 0 Å². The van der Waals surface area contributed by atoms with E-state index in [0.29, 0.717) is 25.4 Å². The average molecular weight is 322 g/mol. The second kappa shape index (κ2) is 8.21. The number of piperazine rings is 1. The molecule has 128 valence electrons. The fourth-order valence-corrected chi connectivity index (χ4v) is 3.00. The van der Waals surface area contributed by atoms with E-state index >= 15 is 0 Å². The van der Waals surface area contributed by atoms with E-state index in [0.717, 1.165) is 13.1 Å². The number of aliphatic hydroxyl groups is 1. The normalized spacial score (nSPS) is 19.3. The molecule has 0 spiro atoms. The summed E-state index contributed by atoms with van der Waals surface area (Å²) in [5.41, 5.74) is -0.411. The van der Waals surface area contributed by atoms with Gasteiger partial charge in [-0.2, -0.15) is 0 Å². The third kappa shape index (κ3) is 4.87. The molecule has 1 fully saturated rings. The average Bonchev–Trinajstić information content (AvgIpc) is 2.51. The SMILES string of the molecule is CC(C)CN1CCN(C(=O)Cn2cccnc2=O)C[C@H]1CCO. The van der Waals surface area contributed by atoms with Crippen LogP contribution in [-0.4, -0.2) is 69.2 Å². The number of carbonyl (C=O) groups excluding carboxylic acids is 1. The van der Waals surface area contributed by atoms with Crippen molar-refractivity contribution < 1.29 is 9.90 Å². The minimum Gasteiger partial charge on any atom is -0.396 e. The zero-order chi connectivity index (χ0) is 16.8. The van der Waals surface area contributed by atoms with Crippen LogP contribution in [0, 0.1) is 5.92 Å². The van der Waals surface area contributed by atoms with Crippen LogP contribution in [0.25, 0.3) is 0 Å². The fourth-order valence-electron chi connectivity index (χ4n) is 3.00. The van der Waals surface area contributed by atoms with Crippen LogP contribution in [0.1, 0.15) is 20.3 Å². The Morgan fingerprint density at radius 1 is 1.43 bits per heavy atom. The van der Waals surface area contributed by atoms with Gasteiger partial charge in [-0.3, -0.25) is 14.3 Å². The molecule has 0 bridgehead atoms. The van der Waals surface area contributed by atoms with E-state index in [2.05, 4.69) is 23.7 Å². The number of nitrogens with zero attached hydrogens (tertiary/aromatic N) is 4. The lowest BCUT2D eigenvalue weighted by atomic mass is 10.1. The Morgan fingerprint density at radius 3 is 2.87 bits per heavy atom. The molecular formula is C16H26N4O3. The standard InChI is InChI=1S/C16H26N4O3/c1-13(2)10-18-7-8-19(11-14(18)4-9-21)15(22)12-20-6-3-5-17-16(20)23/h3,5-6,13-14,21H,4,7-12H2,1-2H3/t14-/m1/s1. The second-order valence-electron chi connectivity index (χ2n) is 6.42. The highest BCUT2D eigenvalue weighted by Crippen LogP contribution is 2.15. The summed E-state index contributed by atoms with van der Waals surface area (Å²) in [6.07, 6.45) is 3.65. The summed E-state index contributed by atoms with van der Waals surface area (Å²) in [5.74, 6) is 0.472. The van der Waals surface area contributed by atoms with Gasteiger partial charge >= 0.3 is 5.69 Å². The van der Waals surface area contributed by atoms with Gasteiger partial charge in [-0.05, 0) is 18.4 Å². The second-order valence-corrected chi connectivity index (χ2v) is 6.42. The van der Waals surface area contributed by atoms with Crippen molar-refractivity contribution in [2.75, 3.05) is 32.8 Å². The molecule has 7 nitrogen and oxygen atoms in total. The van der Waals surface area contributed by atoms with E-state index < -0.39 is 5.69 Å². The van der Waals surface area contributed by atoms with Gasteiger partial charge in [0.2, 0.25) is 5.91 Å². The lowest BCUT2D eigenvalue weighted by molar-refractivity contribution is -0.135. The maximum absolute atomic E-state index is 12.5. The van der Waals surface area contributed by atoms with E-state index in [1.165, 1.54) is 10.8 Å². The third-order valence-electron chi connectivity index (χ3n) is 4.11. The molecule has 23 heavy (non-hydrogen) atoms. The summed E-state index contributed by atoms with van der Waals surface area (Å²) >= 11 is 0. The molecule has 1 amide bonds. The first kappa shape index (κ1) is 17.6. The summed E-state index contributed by atoms with van der Waals surface area (Å²) in [7, 11) is 0. The zero-order valence-electron chi connectivity index (χ0n) is 13.9. The molecule has 1 aliphatic rings. The fraction of sp³-hybridized carbons (Fsp3) is 0.688. The van der Waals surface area contributed by atoms with Gasteiger partial charge in [0, 0.05) is 51.2 Å². The molecule has 1 saturated heterocycles. The van der Waals surface area contributed by atoms with Gasteiger partial charge in [0.05, 0.1) is 0 Å². The van der Waals surface area contributed by atoms with Crippen LogP contribution < -0.4 is 5.69 Å². The predicted octanol–water partition coefficient (Wildman–Crippen LogP) is -0.205. The van der Waals surface area contributed by atoms with Crippen LogP contribution in [0.15, 0.2) is 23.3 Å². The van der Waals surface area contributed by atoms with Crippen LogP contribution in [-0.2, 0) is 11.3 Å². The topological polar surface area (TPSA) is 78.7 Å². The Labute approximate surface area is 136 Å². The van der Waals surface area contributed by atoms with Gasteiger partial charge in [0.25, 0.3) is 0 Å². The maximum atomic E-state index is 12.5. The molecule has 2 rings (SSSR count). The Hall–Kier alpha value is -1.73. The lowest BCUT2D eigenvalue weighted by Gasteiger charge is -2.42. The van der Waals surface area contributed by atoms with E-state index in [4.69, 9.17) is 0 Å². The molecule has 0 unspecified atom stereocenters. The smallest absolute Gasteiger partial charge is 0.347 e. The summed E-state index contributed by atoms with van der Waals surface area (Å²) < 4.78 is 1.32. The van der Waals surface area contributed by atoms with Gasteiger partial charge in [-0.25, -0.2) is 9.78 Å². The quantitative estimate of drug-likeness (QED) is 0.784. The van der Waals surface area contributed by atoms with Gasteiger partial charge in [0.1, 0.15) is 6.54 Å². The molecule has 1 aliphatic heterocycles. The summed E-state index contributed by atoms with van der Waals surface area (Å²) in [6, 6.07) is 1.81. The Bertz CT molecular complexity index is 572. The highest BCUT2D eigenvalue weighted by Gasteiger charge is 2.29. The van der Waals surface area contributed by atoms with Crippen LogP contribution in [0.3, 0.4) is 0 Å². The zero-order valence-corrected chi connectivity index (χ0v) is 13.9. The van der Waals surface area contributed by atoms with Crippen LogP contribution in [0.2, 0.25) is 0 Å². The van der Waals surface area contributed by atoms with Crippen molar-refractivity contribution in [3.8, 4) is 0 Å². The summed E-state index contributed by atoms with van der Waals surface area (Å²) in [5, 5.41) is 9.28. The molecule has 7 heteroatoms. The largest absolute Gasteiger partial charge is 0.396 e. The van der Waals surface area contributed by atoms with Crippen molar-refractivity contribution in [3.05, 3.63) is 28.9 Å². The van der Waals surface area contributed by atoms with Gasteiger partial charge in [-0.1, -0.05) is 13.8 Å². The first-order valence-corrected chi connectivity index (χ1v) is 8.15. The van der Waals surface area contributed by atoms with E-state index in [-0.39, 0.29) is 25.1 Å². The van der Waals surface area contributed by atoms with E-state index in [9.17, 15) is 14.7 Å². The molecule has 0 radical (unpaired) electrons. The molecule has 1 aromatic heterocycles. The van der Waals surface area contributed by atoms with Crippen molar-refractivity contribution in [1.29, 1.82) is 0 Å². The van der Waals surface area contributed by atoms with Crippen LogP contribution in [0.5, 0.6) is 0 Å². The molecule has 1 aromatic rings. The molecule has 0 aliphatic carbocycles. The Morgan fingerprint density at radius 2 is 2.22 bits per heavy atom. The summed E-state index contributed by atoms with van der Waals surface area (Å²) in [4.78, 5) is 31.9. The first-order chi connectivity index (χ1) is 11.0. The number of aliphatic hydroxyl groups excluding tert-OH is 1. The highest BCUT2D eigenvalue weighted by molar-refractivity contribution is 5.76. The highest BCUT2D eigenvalue weighted by atomic mass is 16.3. The number of carbonyl (C=O) groups is 1. The van der Waals surface area contributed by atoms with Gasteiger partial charge < -0.3 is 10.0 Å². The van der Waals surface area contributed by atoms with Crippen molar-refractivity contribution in [3.63, 3.8) is 0 Å². The minimum atomic E-state index is -0.411. The van der Waals surface area contributed by atoms with E-state index in [1.807, 2.05) is 0 Å². The third-order valence-corrected chi connectivity index (χ3v) is 4.11. The summed E-state index contributed by atoms with van der Waals surface area (Å²) in [6.45, 7) is 7.49. The molecule has 0 aromatic carbocycles. The first-order valence-electron chi connectivity index (χ1n) is 8.15. The predicted molar refractivity (Wildman–Crippen MR) is 87.0 cm³/mol. The number of hydrogen-bond acceptors (Lipinski definition) is 5. The van der Waals surface area contributed by atoms with Crippen LogP contribution in [0.4, 0.5) is 0 Å². The van der Waals surface area contributed by atoms with Crippen molar-refractivity contribution in [1.82, 2.24) is 19.4 Å². The molecule has 1 N–H and O–H groups in total. The Balaban J connectivity index is 1.99. The van der Waals surface area contributed by atoms with Gasteiger partial charge in [-0.15, -0.1) is 0 Å². The van der Waals surface area contributed by atoms with Crippen molar-refractivity contribution >= 4 is 5.91 Å². The molecule has 1 atom stereocenters. The van der Waals surface area contributed by atoms with E-state index in [1.54, 1.807) is 17.2 Å². The molecule has 2 heterocycles. The Kier molecular flexibility index (Phi) is 6.29. The van der Waals surface area contributed by atoms with Crippen molar-refractivity contribution in [2.24, 2.45) is 5.92 Å². The number of hydrogen-bond donors (Lipinski definition) is 1. The molecular weight excluding hydrogens is 296 g/mol.